The predicted octanol–water partition coefficient (Wildman–Crippen LogP) is 2.07. The van der Waals surface area contributed by atoms with E-state index in [2.05, 4.69) is 33.4 Å². The van der Waals surface area contributed by atoms with Crippen molar-refractivity contribution in [3.05, 3.63) is 17.8 Å². The van der Waals surface area contributed by atoms with Crippen LogP contribution in [0.25, 0.3) is 0 Å². The number of nitrogens with one attached hydrogen (secondary N) is 1. The van der Waals surface area contributed by atoms with Crippen LogP contribution in [0.1, 0.15) is 31.7 Å². The van der Waals surface area contributed by atoms with Gasteiger partial charge in [0.1, 0.15) is 5.82 Å². The standard InChI is InChI=1S/C13H22N4/c1-3-6-17-7-4-12(5-8-17)15-13-9-11(2)10-14-16-13/h9-10,12H,3-8H2,1-2H3,(H,15,16). The van der Waals surface area contributed by atoms with Crippen LogP contribution in [0, 0.1) is 6.92 Å². The Morgan fingerprint density at radius 2 is 2.18 bits per heavy atom. The monoisotopic (exact) mass is 234 g/mol. The van der Waals surface area contributed by atoms with E-state index >= 15 is 0 Å². The lowest BCUT2D eigenvalue weighted by Crippen LogP contribution is -2.39. The summed E-state index contributed by atoms with van der Waals surface area (Å²) in [6.45, 7) is 7.92. The zero-order valence-corrected chi connectivity index (χ0v) is 10.8. The van der Waals surface area contributed by atoms with Crippen LogP contribution >= 0.6 is 0 Å². The van der Waals surface area contributed by atoms with E-state index in [9.17, 15) is 0 Å². The van der Waals surface area contributed by atoms with Gasteiger partial charge in [-0.3, -0.25) is 0 Å². The van der Waals surface area contributed by atoms with Gasteiger partial charge < -0.3 is 10.2 Å². The Balaban J connectivity index is 1.82. The largest absolute Gasteiger partial charge is 0.366 e. The highest BCUT2D eigenvalue weighted by Gasteiger charge is 2.18. The number of piperidine rings is 1. The number of aryl methyl sites for hydroxylation is 1. The molecule has 2 heterocycles. The molecule has 4 nitrogen and oxygen atoms in total. The third-order valence-electron chi connectivity index (χ3n) is 3.27. The van der Waals surface area contributed by atoms with Crippen molar-refractivity contribution in [1.29, 1.82) is 0 Å². The average Bonchev–Trinajstić information content (AvgIpc) is 2.32. The molecule has 17 heavy (non-hydrogen) atoms. The first kappa shape index (κ1) is 12.3. The average molecular weight is 234 g/mol. The summed E-state index contributed by atoms with van der Waals surface area (Å²) in [6.07, 6.45) is 5.45. The highest BCUT2D eigenvalue weighted by atomic mass is 15.2. The van der Waals surface area contributed by atoms with Crippen LogP contribution in [0.15, 0.2) is 12.3 Å². The Morgan fingerprint density at radius 1 is 1.41 bits per heavy atom. The molecule has 0 radical (unpaired) electrons. The van der Waals surface area contributed by atoms with Crippen LogP contribution in [0.2, 0.25) is 0 Å². The molecule has 0 saturated carbocycles. The highest BCUT2D eigenvalue weighted by molar-refractivity contribution is 5.36. The van der Waals surface area contributed by atoms with Gasteiger partial charge in [0, 0.05) is 19.1 Å². The molecule has 0 spiro atoms. The molecule has 1 aliphatic heterocycles. The number of hydrogen-bond acceptors (Lipinski definition) is 4. The van der Waals surface area contributed by atoms with Gasteiger partial charge in [-0.05, 0) is 44.4 Å². The topological polar surface area (TPSA) is 41.0 Å². The minimum atomic E-state index is 0.555. The summed E-state index contributed by atoms with van der Waals surface area (Å²) in [5, 5.41) is 11.6. The summed E-state index contributed by atoms with van der Waals surface area (Å²) in [5.41, 5.74) is 1.16. The van der Waals surface area contributed by atoms with Crippen LogP contribution in [0.3, 0.4) is 0 Å². The number of anilines is 1. The summed E-state index contributed by atoms with van der Waals surface area (Å²) >= 11 is 0. The fraction of sp³-hybridized carbons (Fsp3) is 0.692. The molecule has 0 unspecified atom stereocenters. The Bertz CT molecular complexity index is 345. The summed E-state index contributed by atoms with van der Waals surface area (Å²) in [6, 6.07) is 2.62. The predicted molar refractivity (Wildman–Crippen MR) is 70.1 cm³/mol. The van der Waals surface area contributed by atoms with Gasteiger partial charge in [-0.2, -0.15) is 5.10 Å². The summed E-state index contributed by atoms with van der Waals surface area (Å²) in [7, 11) is 0. The molecule has 2 rings (SSSR count). The van der Waals surface area contributed by atoms with Crippen molar-refractivity contribution >= 4 is 5.82 Å². The molecule has 0 amide bonds. The lowest BCUT2D eigenvalue weighted by atomic mass is 10.0. The van der Waals surface area contributed by atoms with E-state index in [0.29, 0.717) is 6.04 Å². The Kier molecular flexibility index (Phi) is 4.31. The quantitative estimate of drug-likeness (QED) is 0.866. The number of rotatable bonds is 4. The van der Waals surface area contributed by atoms with E-state index < -0.39 is 0 Å². The van der Waals surface area contributed by atoms with Crippen molar-refractivity contribution in [3.63, 3.8) is 0 Å². The Labute approximate surface area is 103 Å². The maximum atomic E-state index is 4.11. The second-order valence-corrected chi connectivity index (χ2v) is 4.88. The van der Waals surface area contributed by atoms with Gasteiger partial charge in [0.25, 0.3) is 0 Å². The second-order valence-electron chi connectivity index (χ2n) is 4.88. The van der Waals surface area contributed by atoms with E-state index in [1.807, 2.05) is 6.92 Å². The number of hydrogen-bond donors (Lipinski definition) is 1. The minimum Gasteiger partial charge on any atom is -0.366 e. The first-order valence-corrected chi connectivity index (χ1v) is 6.56. The number of aromatic nitrogens is 2. The van der Waals surface area contributed by atoms with Gasteiger partial charge in [-0.15, -0.1) is 5.10 Å². The molecule has 4 heteroatoms. The van der Waals surface area contributed by atoms with Crippen molar-refractivity contribution in [2.45, 2.75) is 39.2 Å². The van der Waals surface area contributed by atoms with Crippen LogP contribution < -0.4 is 5.32 Å². The SMILES string of the molecule is CCCN1CCC(Nc2cc(C)cnn2)CC1. The molecule has 1 fully saturated rings. The van der Waals surface area contributed by atoms with E-state index in [4.69, 9.17) is 0 Å². The minimum absolute atomic E-state index is 0.555. The fourth-order valence-electron chi connectivity index (χ4n) is 2.36. The van der Waals surface area contributed by atoms with Crippen molar-refractivity contribution in [1.82, 2.24) is 15.1 Å². The van der Waals surface area contributed by atoms with Crippen molar-refractivity contribution in [3.8, 4) is 0 Å². The van der Waals surface area contributed by atoms with Gasteiger partial charge in [0.2, 0.25) is 0 Å². The fourth-order valence-corrected chi connectivity index (χ4v) is 2.36. The molecule has 0 atom stereocenters. The van der Waals surface area contributed by atoms with Crippen molar-refractivity contribution in [2.75, 3.05) is 25.0 Å². The summed E-state index contributed by atoms with van der Waals surface area (Å²) in [4.78, 5) is 2.54. The van der Waals surface area contributed by atoms with Crippen LogP contribution in [0.4, 0.5) is 5.82 Å². The first-order valence-electron chi connectivity index (χ1n) is 6.56. The third-order valence-corrected chi connectivity index (χ3v) is 3.27. The third kappa shape index (κ3) is 3.66. The van der Waals surface area contributed by atoms with Gasteiger partial charge in [0.05, 0.1) is 6.20 Å². The van der Waals surface area contributed by atoms with E-state index in [1.165, 1.54) is 38.9 Å². The summed E-state index contributed by atoms with van der Waals surface area (Å²) in [5.74, 6) is 0.916. The van der Waals surface area contributed by atoms with E-state index in [1.54, 1.807) is 6.20 Å². The molecular formula is C13H22N4. The lowest BCUT2D eigenvalue weighted by molar-refractivity contribution is 0.219. The summed E-state index contributed by atoms with van der Waals surface area (Å²) < 4.78 is 0. The maximum Gasteiger partial charge on any atom is 0.149 e. The van der Waals surface area contributed by atoms with Gasteiger partial charge in [-0.1, -0.05) is 6.92 Å². The van der Waals surface area contributed by atoms with Crippen LogP contribution in [-0.2, 0) is 0 Å². The highest BCUT2D eigenvalue weighted by Crippen LogP contribution is 2.15. The molecule has 1 N–H and O–H groups in total. The molecular weight excluding hydrogens is 212 g/mol. The van der Waals surface area contributed by atoms with Gasteiger partial charge >= 0.3 is 0 Å². The molecule has 1 saturated heterocycles. The smallest absolute Gasteiger partial charge is 0.149 e. The van der Waals surface area contributed by atoms with E-state index in [0.717, 1.165) is 11.4 Å². The number of nitrogens with zero attached hydrogens (tertiary/aromatic N) is 3. The molecule has 0 aliphatic carbocycles. The van der Waals surface area contributed by atoms with Crippen LogP contribution in [0.5, 0.6) is 0 Å². The molecule has 1 aromatic rings. The first-order chi connectivity index (χ1) is 8.28. The molecule has 0 aromatic carbocycles. The van der Waals surface area contributed by atoms with Gasteiger partial charge in [0.15, 0.2) is 0 Å². The Morgan fingerprint density at radius 3 is 2.82 bits per heavy atom. The zero-order chi connectivity index (χ0) is 12.1. The Hall–Kier alpha value is -1.16. The molecule has 1 aromatic heterocycles. The maximum absolute atomic E-state index is 4.11. The second kappa shape index (κ2) is 5.96. The van der Waals surface area contributed by atoms with E-state index in [-0.39, 0.29) is 0 Å². The van der Waals surface area contributed by atoms with Gasteiger partial charge in [-0.25, -0.2) is 0 Å². The van der Waals surface area contributed by atoms with Crippen molar-refractivity contribution < 1.29 is 0 Å². The van der Waals surface area contributed by atoms with Crippen LogP contribution in [-0.4, -0.2) is 40.8 Å². The zero-order valence-electron chi connectivity index (χ0n) is 10.8. The lowest BCUT2D eigenvalue weighted by Gasteiger charge is -2.32. The van der Waals surface area contributed by atoms with Crippen molar-refractivity contribution in [2.24, 2.45) is 0 Å². The normalized spacial score (nSPS) is 18.2. The molecule has 1 aliphatic rings. The molecule has 94 valence electrons. The molecule has 0 bridgehead atoms. The number of likely N-dealkylation sites (tertiary alicyclic amines) is 1.